The van der Waals surface area contributed by atoms with Crippen LogP contribution in [0.2, 0.25) is 0 Å². The maximum absolute atomic E-state index is 12.7. The zero-order valence-corrected chi connectivity index (χ0v) is 15.3. The molecule has 3 aromatic carbocycles. The van der Waals surface area contributed by atoms with E-state index in [0.29, 0.717) is 24.9 Å². The number of aryl methyl sites for hydroxylation is 1. The van der Waals surface area contributed by atoms with Gasteiger partial charge in [-0.15, -0.1) is 0 Å². The van der Waals surface area contributed by atoms with Gasteiger partial charge in [-0.05, 0) is 59.4 Å². The molecule has 0 spiro atoms. The largest absolute Gasteiger partial charge is 0.352 e. The first kappa shape index (κ1) is 17.3. The summed E-state index contributed by atoms with van der Waals surface area (Å²) < 4.78 is 0. The Morgan fingerprint density at radius 2 is 1.81 bits per heavy atom. The number of hydrogen-bond acceptors (Lipinski definition) is 2. The van der Waals surface area contributed by atoms with Crippen LogP contribution in [0.25, 0.3) is 10.8 Å². The molecule has 136 valence electrons. The molecule has 0 fully saturated rings. The number of carbonyl (C=O) groups excluding carboxylic acids is 2. The average Bonchev–Trinajstić information content (AvgIpc) is 2.67. The van der Waals surface area contributed by atoms with E-state index in [-0.39, 0.29) is 11.8 Å². The Morgan fingerprint density at radius 3 is 2.63 bits per heavy atom. The predicted octanol–water partition coefficient (Wildman–Crippen LogP) is 4.01. The number of carbonyl (C=O) groups is 2. The van der Waals surface area contributed by atoms with Gasteiger partial charge in [-0.1, -0.05) is 42.5 Å². The summed E-state index contributed by atoms with van der Waals surface area (Å²) in [7, 11) is 0. The molecule has 0 atom stereocenters. The summed E-state index contributed by atoms with van der Waals surface area (Å²) in [4.78, 5) is 24.2. The minimum Gasteiger partial charge on any atom is -0.352 e. The topological polar surface area (TPSA) is 58.2 Å². The Labute approximate surface area is 158 Å². The molecule has 0 saturated carbocycles. The molecule has 2 amide bonds. The highest BCUT2D eigenvalue weighted by molar-refractivity contribution is 6.01. The lowest BCUT2D eigenvalue weighted by molar-refractivity contribution is -0.116. The summed E-state index contributed by atoms with van der Waals surface area (Å²) >= 11 is 0. The highest BCUT2D eigenvalue weighted by Crippen LogP contribution is 2.26. The zero-order valence-electron chi connectivity index (χ0n) is 15.3. The molecule has 3 aromatic rings. The molecular weight excluding hydrogens is 336 g/mol. The van der Waals surface area contributed by atoms with Gasteiger partial charge in [-0.25, -0.2) is 0 Å². The fourth-order valence-electron chi connectivity index (χ4n) is 3.71. The minimum absolute atomic E-state index is 0.00633. The lowest BCUT2D eigenvalue weighted by Gasteiger charge is -2.19. The van der Waals surface area contributed by atoms with Crippen LogP contribution >= 0.6 is 0 Å². The molecule has 4 rings (SSSR count). The van der Waals surface area contributed by atoms with Gasteiger partial charge in [-0.2, -0.15) is 0 Å². The van der Waals surface area contributed by atoms with Gasteiger partial charge in [0.15, 0.2) is 0 Å². The minimum atomic E-state index is -0.0820. The molecular formula is C23H22N2O2. The molecule has 2 N–H and O–H groups in total. The van der Waals surface area contributed by atoms with Crippen LogP contribution in [0.5, 0.6) is 0 Å². The number of anilines is 1. The second-order valence-corrected chi connectivity index (χ2v) is 7.01. The van der Waals surface area contributed by atoms with Gasteiger partial charge in [0, 0.05) is 24.2 Å². The van der Waals surface area contributed by atoms with Crippen molar-refractivity contribution in [1.29, 1.82) is 0 Å². The van der Waals surface area contributed by atoms with Crippen LogP contribution in [0.15, 0.2) is 54.6 Å². The number of rotatable bonds is 4. The van der Waals surface area contributed by atoms with Crippen molar-refractivity contribution in [2.75, 3.05) is 11.9 Å². The SMILES string of the molecule is Cc1cc2ccccc2cc1CCNC(=O)c1cccc2c1CCC(=O)N2. The second kappa shape index (κ2) is 7.23. The number of fused-ring (bicyclic) bond motifs is 2. The lowest BCUT2D eigenvalue weighted by Crippen LogP contribution is -2.28. The summed E-state index contributed by atoms with van der Waals surface area (Å²) in [6, 6.07) is 18.2. The fourth-order valence-corrected chi connectivity index (χ4v) is 3.71. The van der Waals surface area contributed by atoms with E-state index in [4.69, 9.17) is 0 Å². The zero-order chi connectivity index (χ0) is 18.8. The molecule has 4 nitrogen and oxygen atoms in total. The van der Waals surface area contributed by atoms with Gasteiger partial charge >= 0.3 is 0 Å². The van der Waals surface area contributed by atoms with E-state index < -0.39 is 0 Å². The smallest absolute Gasteiger partial charge is 0.251 e. The molecule has 0 unspecified atom stereocenters. The van der Waals surface area contributed by atoms with E-state index in [0.717, 1.165) is 17.7 Å². The third kappa shape index (κ3) is 3.56. The van der Waals surface area contributed by atoms with Crippen molar-refractivity contribution in [2.24, 2.45) is 0 Å². The van der Waals surface area contributed by atoms with Crippen LogP contribution in [0.3, 0.4) is 0 Å². The summed E-state index contributed by atoms with van der Waals surface area (Å²) in [5, 5.41) is 8.33. The van der Waals surface area contributed by atoms with E-state index in [1.54, 1.807) is 0 Å². The Bertz CT molecular complexity index is 1040. The van der Waals surface area contributed by atoms with E-state index in [1.807, 2.05) is 30.3 Å². The lowest BCUT2D eigenvalue weighted by atomic mass is 9.96. The first-order valence-corrected chi connectivity index (χ1v) is 9.30. The number of benzene rings is 3. The Hall–Kier alpha value is -3.14. The number of amides is 2. The monoisotopic (exact) mass is 358 g/mol. The standard InChI is InChI=1S/C23H22N2O2/c1-15-13-17-5-2-3-6-18(17)14-16(15)11-12-24-23(27)20-7-4-8-21-19(20)9-10-22(26)25-21/h2-8,13-14H,9-12H2,1H3,(H,24,27)(H,25,26). The van der Waals surface area contributed by atoms with Gasteiger partial charge in [0.05, 0.1) is 0 Å². The van der Waals surface area contributed by atoms with Crippen LogP contribution in [-0.4, -0.2) is 18.4 Å². The first-order chi connectivity index (χ1) is 13.1. The molecule has 1 aliphatic heterocycles. The normalized spacial score (nSPS) is 13.1. The van der Waals surface area contributed by atoms with Gasteiger partial charge in [-0.3, -0.25) is 9.59 Å². The van der Waals surface area contributed by atoms with Crippen molar-refractivity contribution >= 4 is 28.3 Å². The van der Waals surface area contributed by atoms with E-state index in [2.05, 4.69) is 41.8 Å². The molecule has 27 heavy (non-hydrogen) atoms. The molecule has 0 radical (unpaired) electrons. The molecule has 0 aliphatic carbocycles. The third-order valence-electron chi connectivity index (χ3n) is 5.18. The summed E-state index contributed by atoms with van der Waals surface area (Å²) in [6.45, 7) is 2.69. The predicted molar refractivity (Wildman–Crippen MR) is 108 cm³/mol. The van der Waals surface area contributed by atoms with Crippen molar-refractivity contribution in [3.63, 3.8) is 0 Å². The van der Waals surface area contributed by atoms with E-state index in [1.165, 1.54) is 21.9 Å². The Balaban J connectivity index is 1.46. The van der Waals surface area contributed by atoms with E-state index >= 15 is 0 Å². The quantitative estimate of drug-likeness (QED) is 0.740. The van der Waals surface area contributed by atoms with Crippen molar-refractivity contribution in [3.05, 3.63) is 76.9 Å². The fraction of sp³-hybridized carbons (Fsp3) is 0.217. The molecule has 4 heteroatoms. The van der Waals surface area contributed by atoms with Gasteiger partial charge in [0.2, 0.25) is 5.91 Å². The average molecular weight is 358 g/mol. The molecule has 1 heterocycles. The van der Waals surface area contributed by atoms with Crippen LogP contribution in [0.4, 0.5) is 5.69 Å². The molecule has 0 aromatic heterocycles. The molecule has 0 bridgehead atoms. The summed E-state index contributed by atoms with van der Waals surface area (Å²) in [5.41, 5.74) is 4.82. The Kier molecular flexibility index (Phi) is 4.63. The summed E-state index contributed by atoms with van der Waals surface area (Å²) in [5.74, 6) is -0.0757. The Morgan fingerprint density at radius 1 is 1.04 bits per heavy atom. The first-order valence-electron chi connectivity index (χ1n) is 9.30. The van der Waals surface area contributed by atoms with Gasteiger partial charge < -0.3 is 10.6 Å². The number of hydrogen-bond donors (Lipinski definition) is 2. The number of nitrogens with one attached hydrogen (secondary N) is 2. The maximum Gasteiger partial charge on any atom is 0.251 e. The van der Waals surface area contributed by atoms with E-state index in [9.17, 15) is 9.59 Å². The molecule has 0 saturated heterocycles. The second-order valence-electron chi connectivity index (χ2n) is 7.01. The van der Waals surface area contributed by atoms with Crippen LogP contribution in [-0.2, 0) is 17.6 Å². The van der Waals surface area contributed by atoms with Crippen molar-refractivity contribution in [3.8, 4) is 0 Å². The van der Waals surface area contributed by atoms with Gasteiger partial charge in [0.25, 0.3) is 5.91 Å². The van der Waals surface area contributed by atoms with Crippen LogP contribution in [0.1, 0.15) is 33.5 Å². The third-order valence-corrected chi connectivity index (χ3v) is 5.18. The van der Waals surface area contributed by atoms with Crippen molar-refractivity contribution < 1.29 is 9.59 Å². The molecule has 1 aliphatic rings. The summed E-state index contributed by atoms with van der Waals surface area (Å²) in [6.07, 6.45) is 1.82. The maximum atomic E-state index is 12.7. The van der Waals surface area contributed by atoms with Crippen LogP contribution < -0.4 is 10.6 Å². The van der Waals surface area contributed by atoms with Crippen molar-refractivity contribution in [2.45, 2.75) is 26.2 Å². The highest BCUT2D eigenvalue weighted by Gasteiger charge is 2.20. The van der Waals surface area contributed by atoms with Crippen LogP contribution in [0, 0.1) is 6.92 Å². The van der Waals surface area contributed by atoms with Gasteiger partial charge in [0.1, 0.15) is 0 Å². The van der Waals surface area contributed by atoms with Crippen molar-refractivity contribution in [1.82, 2.24) is 5.32 Å². The highest BCUT2D eigenvalue weighted by atomic mass is 16.2.